The van der Waals surface area contributed by atoms with Crippen molar-refractivity contribution >= 4 is 11.6 Å². The van der Waals surface area contributed by atoms with Gasteiger partial charge < -0.3 is 10.6 Å². The van der Waals surface area contributed by atoms with Crippen molar-refractivity contribution in [2.45, 2.75) is 25.6 Å². The molecule has 1 aliphatic heterocycles. The van der Waals surface area contributed by atoms with Crippen molar-refractivity contribution in [1.82, 2.24) is 5.32 Å². The molecule has 104 valence electrons. The van der Waals surface area contributed by atoms with E-state index in [1.165, 1.54) is 6.07 Å². The van der Waals surface area contributed by atoms with E-state index in [1.807, 2.05) is 5.32 Å². The minimum absolute atomic E-state index is 0.199. The number of nitrogens with one attached hydrogen (secondary N) is 2. The number of alkyl halides is 3. The number of anilines is 1. The van der Waals surface area contributed by atoms with Crippen LogP contribution in [0, 0.1) is 5.82 Å². The van der Waals surface area contributed by atoms with Gasteiger partial charge in [-0.25, -0.2) is 4.39 Å². The normalized spacial score (nSPS) is 14.9. The third kappa shape index (κ3) is 3.44. The first-order valence-corrected chi connectivity index (χ1v) is 5.74. The van der Waals surface area contributed by atoms with E-state index in [4.69, 9.17) is 0 Å². The van der Waals surface area contributed by atoms with Crippen molar-refractivity contribution in [1.29, 1.82) is 0 Å². The van der Waals surface area contributed by atoms with E-state index < -0.39 is 24.3 Å². The second-order valence-corrected chi connectivity index (χ2v) is 4.33. The highest BCUT2D eigenvalue weighted by Crippen LogP contribution is 2.26. The van der Waals surface area contributed by atoms with Crippen LogP contribution in [0.25, 0.3) is 0 Å². The van der Waals surface area contributed by atoms with Crippen LogP contribution in [0.2, 0.25) is 0 Å². The fourth-order valence-corrected chi connectivity index (χ4v) is 2.01. The number of hydrogen-bond acceptors (Lipinski definition) is 2. The molecule has 19 heavy (non-hydrogen) atoms. The van der Waals surface area contributed by atoms with Crippen LogP contribution in [0.5, 0.6) is 0 Å². The molecule has 0 aliphatic carbocycles. The number of amides is 1. The molecule has 0 saturated carbocycles. The Morgan fingerprint density at radius 1 is 1.37 bits per heavy atom. The molecule has 0 atom stereocenters. The summed E-state index contributed by atoms with van der Waals surface area (Å²) in [6.07, 6.45) is -5.77. The van der Waals surface area contributed by atoms with Crippen LogP contribution >= 0.6 is 0 Å². The first-order chi connectivity index (χ1) is 8.87. The highest BCUT2D eigenvalue weighted by atomic mass is 19.4. The van der Waals surface area contributed by atoms with Gasteiger partial charge in [0.05, 0.1) is 5.69 Å². The summed E-state index contributed by atoms with van der Waals surface area (Å²) in [5.41, 5.74) is 1.01. The molecule has 1 amide bonds. The Morgan fingerprint density at radius 3 is 2.79 bits per heavy atom. The smallest absolute Gasteiger partial charge is 0.323 e. The average Bonchev–Trinajstić information content (AvgIpc) is 2.31. The third-order valence-electron chi connectivity index (χ3n) is 2.84. The van der Waals surface area contributed by atoms with Gasteiger partial charge in [-0.2, -0.15) is 13.2 Å². The lowest BCUT2D eigenvalue weighted by Crippen LogP contribution is -2.26. The number of fused-ring (bicyclic) bond motifs is 1. The number of carbonyl (C=O) groups is 1. The Hall–Kier alpha value is -1.63. The largest absolute Gasteiger partial charge is 0.397 e. The fourth-order valence-electron chi connectivity index (χ4n) is 2.01. The molecule has 0 spiro atoms. The molecule has 0 radical (unpaired) electrons. The summed E-state index contributed by atoms with van der Waals surface area (Å²) in [5.74, 6) is -1.91. The van der Waals surface area contributed by atoms with E-state index in [0.717, 1.165) is 5.56 Å². The Bertz CT molecular complexity index is 499. The molecule has 1 heterocycles. The quantitative estimate of drug-likeness (QED) is 0.814. The summed E-state index contributed by atoms with van der Waals surface area (Å²) in [5, 5.41) is 5.02. The molecule has 0 bridgehead atoms. The Morgan fingerprint density at radius 2 is 2.11 bits per heavy atom. The maximum atomic E-state index is 14.0. The van der Waals surface area contributed by atoms with E-state index in [-0.39, 0.29) is 5.69 Å². The van der Waals surface area contributed by atoms with Crippen molar-refractivity contribution in [3.63, 3.8) is 0 Å². The van der Waals surface area contributed by atoms with Gasteiger partial charge in [-0.05, 0) is 30.2 Å². The summed E-state index contributed by atoms with van der Waals surface area (Å²) in [6.45, 7) is 1.12. The molecule has 7 heteroatoms. The Balaban J connectivity index is 2.15. The van der Waals surface area contributed by atoms with E-state index in [9.17, 15) is 22.4 Å². The molecule has 1 aliphatic rings. The first kappa shape index (κ1) is 13.8. The molecule has 1 aromatic carbocycles. The predicted molar refractivity (Wildman–Crippen MR) is 61.1 cm³/mol. The fraction of sp³-hybridized carbons (Fsp3) is 0.417. The van der Waals surface area contributed by atoms with Crippen LogP contribution in [0.3, 0.4) is 0 Å². The van der Waals surface area contributed by atoms with Gasteiger partial charge in [0.1, 0.15) is 12.2 Å². The highest BCUT2D eigenvalue weighted by Gasteiger charge is 2.31. The van der Waals surface area contributed by atoms with Gasteiger partial charge in [0.15, 0.2) is 0 Å². The first-order valence-electron chi connectivity index (χ1n) is 5.74. The number of hydrogen-bond donors (Lipinski definition) is 2. The van der Waals surface area contributed by atoms with Gasteiger partial charge in [0, 0.05) is 6.54 Å². The summed E-state index contributed by atoms with van der Waals surface area (Å²) < 4.78 is 50.1. The topological polar surface area (TPSA) is 41.1 Å². The van der Waals surface area contributed by atoms with Crippen molar-refractivity contribution < 1.29 is 22.4 Å². The lowest BCUT2D eigenvalue weighted by molar-refractivity contribution is -0.150. The van der Waals surface area contributed by atoms with Crippen LogP contribution in [-0.4, -0.2) is 18.6 Å². The van der Waals surface area contributed by atoms with Gasteiger partial charge in [-0.1, -0.05) is 6.07 Å². The van der Waals surface area contributed by atoms with E-state index in [1.54, 1.807) is 6.07 Å². The standard InChI is InChI=1S/C12H12F4N2O/c13-11-8-3-4-17-6-7(8)1-2-9(11)18-10(19)5-12(14,15)16/h1-2,17H,3-6H2,(H,18,19). The summed E-state index contributed by atoms with van der Waals surface area (Å²) in [7, 11) is 0. The van der Waals surface area contributed by atoms with Crippen molar-refractivity contribution in [3.8, 4) is 0 Å². The van der Waals surface area contributed by atoms with Gasteiger partial charge >= 0.3 is 6.18 Å². The number of rotatable bonds is 2. The highest BCUT2D eigenvalue weighted by molar-refractivity contribution is 5.91. The molecule has 0 fully saturated rings. The molecule has 1 aromatic rings. The van der Waals surface area contributed by atoms with Crippen LogP contribution in [0.15, 0.2) is 12.1 Å². The van der Waals surface area contributed by atoms with Crippen molar-refractivity contribution in [2.24, 2.45) is 0 Å². The molecule has 2 N–H and O–H groups in total. The lowest BCUT2D eigenvalue weighted by Gasteiger charge is -2.19. The number of halogens is 4. The molecule has 0 saturated heterocycles. The van der Waals surface area contributed by atoms with Gasteiger partial charge in [0.2, 0.25) is 5.91 Å². The zero-order valence-corrected chi connectivity index (χ0v) is 9.90. The monoisotopic (exact) mass is 276 g/mol. The van der Waals surface area contributed by atoms with Gasteiger partial charge in [0.25, 0.3) is 0 Å². The minimum Gasteiger partial charge on any atom is -0.323 e. The molecular weight excluding hydrogens is 264 g/mol. The van der Waals surface area contributed by atoms with Crippen LogP contribution in [0.4, 0.5) is 23.2 Å². The Kier molecular flexibility index (Phi) is 3.75. The third-order valence-corrected chi connectivity index (χ3v) is 2.84. The van der Waals surface area contributed by atoms with E-state index in [0.29, 0.717) is 25.1 Å². The zero-order chi connectivity index (χ0) is 14.0. The lowest BCUT2D eigenvalue weighted by atomic mass is 9.99. The minimum atomic E-state index is -4.60. The average molecular weight is 276 g/mol. The van der Waals surface area contributed by atoms with Crippen LogP contribution < -0.4 is 10.6 Å². The number of carbonyl (C=O) groups excluding carboxylic acids is 1. The molecule has 0 aromatic heterocycles. The van der Waals surface area contributed by atoms with E-state index in [2.05, 4.69) is 5.32 Å². The van der Waals surface area contributed by atoms with Gasteiger partial charge in [-0.3, -0.25) is 4.79 Å². The maximum Gasteiger partial charge on any atom is 0.397 e. The zero-order valence-electron chi connectivity index (χ0n) is 9.90. The van der Waals surface area contributed by atoms with Crippen LogP contribution in [-0.2, 0) is 17.8 Å². The maximum absolute atomic E-state index is 14.0. The summed E-state index contributed by atoms with van der Waals surface area (Å²) in [6, 6.07) is 2.89. The SMILES string of the molecule is O=C(CC(F)(F)F)Nc1ccc2c(c1F)CCNC2. The van der Waals surface area contributed by atoms with Crippen molar-refractivity contribution in [2.75, 3.05) is 11.9 Å². The second kappa shape index (κ2) is 5.16. The van der Waals surface area contributed by atoms with Gasteiger partial charge in [-0.15, -0.1) is 0 Å². The summed E-state index contributed by atoms with van der Waals surface area (Å²) >= 11 is 0. The molecule has 2 rings (SSSR count). The predicted octanol–water partition coefficient (Wildman–Crippen LogP) is 2.36. The molecular formula is C12H12F4N2O. The summed E-state index contributed by atoms with van der Waals surface area (Å²) in [4.78, 5) is 11.1. The second-order valence-electron chi connectivity index (χ2n) is 4.33. The van der Waals surface area contributed by atoms with E-state index >= 15 is 0 Å². The van der Waals surface area contributed by atoms with Crippen LogP contribution in [0.1, 0.15) is 17.5 Å². The molecule has 3 nitrogen and oxygen atoms in total. The number of benzene rings is 1. The molecule has 0 unspecified atom stereocenters. The Labute approximate surface area is 107 Å². The van der Waals surface area contributed by atoms with Crippen molar-refractivity contribution in [3.05, 3.63) is 29.1 Å².